The number of nitrogens with zero attached hydrogens (tertiary/aromatic N) is 2. The van der Waals surface area contributed by atoms with Crippen LogP contribution in [0.25, 0.3) is 0 Å². The summed E-state index contributed by atoms with van der Waals surface area (Å²) in [6.07, 6.45) is 7.03. The maximum Gasteiger partial charge on any atom is 0.220 e. The molecule has 0 unspecified atom stereocenters. The first kappa shape index (κ1) is 17.7. The van der Waals surface area contributed by atoms with E-state index < -0.39 is 0 Å². The first-order valence-corrected chi connectivity index (χ1v) is 9.48. The van der Waals surface area contributed by atoms with Gasteiger partial charge in [-0.15, -0.1) is 11.3 Å². The van der Waals surface area contributed by atoms with Crippen LogP contribution < -0.4 is 5.32 Å². The van der Waals surface area contributed by atoms with Crippen molar-refractivity contribution < 1.29 is 4.79 Å². The van der Waals surface area contributed by atoms with E-state index in [4.69, 9.17) is 11.6 Å². The van der Waals surface area contributed by atoms with Crippen LogP contribution in [0.5, 0.6) is 0 Å². The number of hydrogen-bond acceptors (Lipinski definition) is 3. The molecule has 1 atom stereocenters. The Hall–Kier alpha value is -2.11. The summed E-state index contributed by atoms with van der Waals surface area (Å²) in [7, 11) is 0. The van der Waals surface area contributed by atoms with E-state index in [9.17, 15) is 4.79 Å². The number of hydrogen-bond donors (Lipinski definition) is 1. The summed E-state index contributed by atoms with van der Waals surface area (Å²) in [5.74, 6) is 0.160. The van der Waals surface area contributed by atoms with E-state index >= 15 is 0 Å². The van der Waals surface area contributed by atoms with Crippen molar-refractivity contribution in [3.63, 3.8) is 0 Å². The molecule has 0 saturated carbocycles. The first-order valence-electron chi connectivity index (χ1n) is 8.22. The number of carbonyl (C=O) groups excluding carboxylic acids is 1. The van der Waals surface area contributed by atoms with E-state index in [1.165, 1.54) is 0 Å². The zero-order chi connectivity index (χ0) is 17.5. The average molecular weight is 374 g/mol. The van der Waals surface area contributed by atoms with Crippen LogP contribution in [0.4, 0.5) is 0 Å². The van der Waals surface area contributed by atoms with E-state index in [-0.39, 0.29) is 11.8 Å². The number of aromatic nitrogens is 2. The number of rotatable bonds is 8. The van der Waals surface area contributed by atoms with Crippen LogP contribution in [0.15, 0.2) is 60.4 Å². The Labute approximate surface area is 156 Å². The minimum Gasteiger partial charge on any atom is -0.356 e. The van der Waals surface area contributed by atoms with Gasteiger partial charge in [-0.05, 0) is 29.8 Å². The lowest BCUT2D eigenvalue weighted by Gasteiger charge is -2.18. The molecule has 2 heterocycles. The highest BCUT2D eigenvalue weighted by Gasteiger charge is 2.16. The Morgan fingerprint density at radius 1 is 1.24 bits per heavy atom. The normalized spacial score (nSPS) is 12.0. The van der Waals surface area contributed by atoms with Gasteiger partial charge >= 0.3 is 0 Å². The Balaban J connectivity index is 1.60. The van der Waals surface area contributed by atoms with Crippen LogP contribution in [0.1, 0.15) is 22.9 Å². The fourth-order valence-electron chi connectivity index (χ4n) is 2.75. The second-order valence-corrected chi connectivity index (χ2v) is 7.27. The molecular weight excluding hydrogens is 354 g/mol. The monoisotopic (exact) mass is 373 g/mol. The highest BCUT2D eigenvalue weighted by molar-refractivity contribution is 7.09. The van der Waals surface area contributed by atoms with Crippen LogP contribution >= 0.6 is 22.9 Å². The molecule has 25 heavy (non-hydrogen) atoms. The molecule has 3 rings (SSSR count). The molecule has 1 aromatic carbocycles. The molecule has 0 saturated heterocycles. The lowest BCUT2D eigenvalue weighted by molar-refractivity contribution is -0.121. The van der Waals surface area contributed by atoms with Gasteiger partial charge in [0.1, 0.15) is 0 Å². The molecule has 6 heteroatoms. The number of amides is 1. The largest absolute Gasteiger partial charge is 0.356 e. The Morgan fingerprint density at radius 3 is 2.68 bits per heavy atom. The second-order valence-electron chi connectivity index (χ2n) is 5.86. The molecule has 1 N–H and O–H groups in total. The Morgan fingerprint density at radius 2 is 2.00 bits per heavy atom. The highest BCUT2D eigenvalue weighted by Crippen LogP contribution is 2.24. The van der Waals surface area contributed by atoms with Crippen LogP contribution in [-0.2, 0) is 17.8 Å². The number of carbonyl (C=O) groups is 1. The Kier molecular flexibility index (Phi) is 6.25. The zero-order valence-electron chi connectivity index (χ0n) is 13.8. The molecule has 0 spiro atoms. The van der Waals surface area contributed by atoms with E-state index in [2.05, 4.69) is 14.9 Å². The maximum absolute atomic E-state index is 12.4. The topological polar surface area (TPSA) is 46.9 Å². The third-order valence-electron chi connectivity index (χ3n) is 4.02. The predicted molar refractivity (Wildman–Crippen MR) is 102 cm³/mol. The van der Waals surface area contributed by atoms with Gasteiger partial charge in [-0.1, -0.05) is 23.7 Å². The van der Waals surface area contributed by atoms with Crippen molar-refractivity contribution in [3.05, 3.63) is 76.0 Å². The van der Waals surface area contributed by atoms with Crippen LogP contribution in [0.2, 0.25) is 5.02 Å². The van der Waals surface area contributed by atoms with Crippen molar-refractivity contribution in [1.29, 1.82) is 0 Å². The molecule has 0 fully saturated rings. The minimum atomic E-state index is 0.0589. The SMILES string of the molecule is O=C(C[C@H](Cn1cccc1)c1ccc(Cl)cc1)NCCc1nccs1. The van der Waals surface area contributed by atoms with Gasteiger partial charge in [0.15, 0.2) is 0 Å². The van der Waals surface area contributed by atoms with Crippen LogP contribution in [0, 0.1) is 0 Å². The van der Waals surface area contributed by atoms with Gasteiger partial charge < -0.3 is 9.88 Å². The molecule has 2 aromatic heterocycles. The van der Waals surface area contributed by atoms with Gasteiger partial charge in [0, 0.05) is 60.8 Å². The molecule has 1 amide bonds. The van der Waals surface area contributed by atoms with Crippen molar-refractivity contribution in [2.75, 3.05) is 6.54 Å². The van der Waals surface area contributed by atoms with Crippen molar-refractivity contribution in [2.24, 2.45) is 0 Å². The molecular formula is C19H20ClN3OS. The fraction of sp³-hybridized carbons (Fsp3) is 0.263. The number of halogens is 1. The van der Waals surface area contributed by atoms with Crippen molar-refractivity contribution >= 4 is 28.8 Å². The number of nitrogens with one attached hydrogen (secondary N) is 1. The zero-order valence-corrected chi connectivity index (χ0v) is 15.3. The Bertz CT molecular complexity index is 770. The standard InChI is InChI=1S/C19H20ClN3OS/c20-17-5-3-15(4-6-17)16(14-23-10-1-2-11-23)13-18(24)21-8-7-19-22-9-12-25-19/h1-6,9-12,16H,7-8,13-14H2,(H,21,24)/t16-/m1/s1. The summed E-state index contributed by atoms with van der Waals surface area (Å²) in [5.41, 5.74) is 1.12. The molecule has 0 radical (unpaired) electrons. The summed E-state index contributed by atoms with van der Waals surface area (Å²) in [4.78, 5) is 16.6. The van der Waals surface area contributed by atoms with Gasteiger partial charge in [0.25, 0.3) is 0 Å². The lowest BCUT2D eigenvalue weighted by Crippen LogP contribution is -2.28. The third-order valence-corrected chi connectivity index (χ3v) is 5.11. The molecule has 0 bridgehead atoms. The van der Waals surface area contributed by atoms with E-state index in [0.29, 0.717) is 18.0 Å². The lowest BCUT2D eigenvalue weighted by atomic mass is 9.95. The first-order chi connectivity index (χ1) is 12.2. The summed E-state index contributed by atoms with van der Waals surface area (Å²) < 4.78 is 2.10. The maximum atomic E-state index is 12.4. The van der Waals surface area contributed by atoms with Crippen molar-refractivity contribution in [2.45, 2.75) is 25.3 Å². The summed E-state index contributed by atoms with van der Waals surface area (Å²) in [6.45, 7) is 1.37. The third kappa shape index (κ3) is 5.44. The van der Waals surface area contributed by atoms with E-state index in [1.807, 2.05) is 54.2 Å². The van der Waals surface area contributed by atoms with Gasteiger partial charge in [-0.2, -0.15) is 0 Å². The number of thiazole rings is 1. The molecule has 0 aliphatic rings. The van der Waals surface area contributed by atoms with Gasteiger partial charge in [0.2, 0.25) is 5.91 Å². The summed E-state index contributed by atoms with van der Waals surface area (Å²) in [5, 5.41) is 6.70. The van der Waals surface area contributed by atoms with Crippen molar-refractivity contribution in [1.82, 2.24) is 14.9 Å². The molecule has 130 valence electrons. The van der Waals surface area contributed by atoms with E-state index in [1.54, 1.807) is 17.5 Å². The average Bonchev–Trinajstić information content (AvgIpc) is 3.29. The van der Waals surface area contributed by atoms with Gasteiger partial charge in [0.05, 0.1) is 5.01 Å². The minimum absolute atomic E-state index is 0.0589. The summed E-state index contributed by atoms with van der Waals surface area (Å²) >= 11 is 7.60. The van der Waals surface area contributed by atoms with Gasteiger partial charge in [-0.25, -0.2) is 4.98 Å². The molecule has 0 aliphatic heterocycles. The smallest absolute Gasteiger partial charge is 0.220 e. The molecule has 0 aliphatic carbocycles. The fourth-order valence-corrected chi connectivity index (χ4v) is 3.50. The summed E-state index contributed by atoms with van der Waals surface area (Å²) in [6, 6.07) is 11.7. The molecule has 4 nitrogen and oxygen atoms in total. The predicted octanol–water partition coefficient (Wildman–Crippen LogP) is 4.13. The van der Waals surface area contributed by atoms with E-state index in [0.717, 1.165) is 23.5 Å². The van der Waals surface area contributed by atoms with Crippen LogP contribution in [-0.4, -0.2) is 22.0 Å². The second kappa shape index (κ2) is 8.83. The van der Waals surface area contributed by atoms with Crippen molar-refractivity contribution in [3.8, 4) is 0 Å². The van der Waals surface area contributed by atoms with Crippen LogP contribution in [0.3, 0.4) is 0 Å². The quantitative estimate of drug-likeness (QED) is 0.645. The highest BCUT2D eigenvalue weighted by atomic mass is 35.5. The number of benzene rings is 1. The molecule has 3 aromatic rings. The van der Waals surface area contributed by atoms with Gasteiger partial charge in [-0.3, -0.25) is 4.79 Å².